The van der Waals surface area contributed by atoms with Crippen molar-refractivity contribution in [2.24, 2.45) is 5.73 Å². The van der Waals surface area contributed by atoms with Gasteiger partial charge in [-0.05, 0) is 24.6 Å². The van der Waals surface area contributed by atoms with Crippen LogP contribution in [0.5, 0.6) is 5.75 Å². The summed E-state index contributed by atoms with van der Waals surface area (Å²) in [5, 5.41) is 18.4. The second kappa shape index (κ2) is 5.07. The van der Waals surface area contributed by atoms with Gasteiger partial charge in [-0.15, -0.1) is 12.4 Å². The number of phenolic OH excluding ortho intramolecular Hbond substituents is 1. The highest BCUT2D eigenvalue weighted by atomic mass is 35.5. The Bertz CT molecular complexity index is 248. The summed E-state index contributed by atoms with van der Waals surface area (Å²) in [4.78, 5) is 0. The predicted molar refractivity (Wildman–Crippen MR) is 54.0 cm³/mol. The average Bonchev–Trinajstić information content (AvgIpc) is 2.04. The highest BCUT2D eigenvalue weighted by Gasteiger charge is 2.11. The van der Waals surface area contributed by atoms with Crippen LogP contribution in [0.4, 0.5) is 0 Å². The SMILES string of the molecule is C[C@H](N)[C@@H](O)c1ccc(O)cc1.Cl. The summed E-state index contributed by atoms with van der Waals surface area (Å²) >= 11 is 0. The molecule has 0 fully saturated rings. The zero-order valence-corrected chi connectivity index (χ0v) is 8.16. The Hall–Kier alpha value is -0.770. The molecule has 13 heavy (non-hydrogen) atoms. The maximum atomic E-state index is 9.48. The van der Waals surface area contributed by atoms with Crippen LogP contribution in [0.2, 0.25) is 0 Å². The van der Waals surface area contributed by atoms with Crippen LogP contribution in [0, 0.1) is 0 Å². The minimum atomic E-state index is -0.661. The Labute approximate surface area is 83.6 Å². The second-order valence-electron chi connectivity index (χ2n) is 2.90. The molecule has 0 aromatic heterocycles. The number of hydrogen-bond acceptors (Lipinski definition) is 3. The number of rotatable bonds is 2. The largest absolute Gasteiger partial charge is 0.508 e. The number of benzene rings is 1. The fraction of sp³-hybridized carbons (Fsp3) is 0.333. The average molecular weight is 204 g/mol. The molecule has 0 saturated carbocycles. The zero-order chi connectivity index (χ0) is 9.14. The van der Waals surface area contributed by atoms with Crippen LogP contribution in [0.15, 0.2) is 24.3 Å². The molecule has 0 aliphatic heterocycles. The Morgan fingerprint density at radius 3 is 2.08 bits per heavy atom. The van der Waals surface area contributed by atoms with Crippen molar-refractivity contribution in [3.05, 3.63) is 29.8 Å². The molecule has 2 atom stereocenters. The van der Waals surface area contributed by atoms with E-state index in [9.17, 15) is 5.11 Å². The Morgan fingerprint density at radius 1 is 1.23 bits per heavy atom. The third-order valence-corrected chi connectivity index (χ3v) is 1.73. The zero-order valence-electron chi connectivity index (χ0n) is 7.34. The van der Waals surface area contributed by atoms with Gasteiger partial charge >= 0.3 is 0 Å². The van der Waals surface area contributed by atoms with E-state index >= 15 is 0 Å². The lowest BCUT2D eigenvalue weighted by Crippen LogP contribution is -2.24. The van der Waals surface area contributed by atoms with Crippen LogP contribution in [-0.2, 0) is 0 Å². The van der Waals surface area contributed by atoms with Crippen LogP contribution in [-0.4, -0.2) is 16.3 Å². The number of halogens is 1. The molecule has 0 radical (unpaired) electrons. The summed E-state index contributed by atoms with van der Waals surface area (Å²) in [6.07, 6.45) is -0.661. The van der Waals surface area contributed by atoms with Gasteiger partial charge in [-0.2, -0.15) is 0 Å². The highest BCUT2D eigenvalue weighted by Crippen LogP contribution is 2.18. The van der Waals surface area contributed by atoms with Gasteiger partial charge in [-0.25, -0.2) is 0 Å². The lowest BCUT2D eigenvalue weighted by atomic mass is 10.0. The molecule has 4 N–H and O–H groups in total. The van der Waals surface area contributed by atoms with Gasteiger partial charge in [0, 0.05) is 6.04 Å². The first kappa shape index (κ1) is 12.2. The molecule has 0 aliphatic rings. The van der Waals surface area contributed by atoms with Gasteiger partial charge in [0.05, 0.1) is 6.10 Å². The standard InChI is InChI=1S/C9H13NO2.ClH/c1-6(10)9(12)7-2-4-8(11)5-3-7;/h2-6,9,11-12H,10H2,1H3;1H/t6-,9+;/m0./s1. The van der Waals surface area contributed by atoms with E-state index in [0.29, 0.717) is 0 Å². The van der Waals surface area contributed by atoms with E-state index in [1.54, 1.807) is 19.1 Å². The fourth-order valence-electron chi connectivity index (χ4n) is 0.975. The lowest BCUT2D eigenvalue weighted by Gasteiger charge is -2.14. The highest BCUT2D eigenvalue weighted by molar-refractivity contribution is 5.85. The van der Waals surface area contributed by atoms with E-state index in [2.05, 4.69) is 0 Å². The maximum Gasteiger partial charge on any atom is 0.115 e. The first-order valence-electron chi connectivity index (χ1n) is 3.84. The summed E-state index contributed by atoms with van der Waals surface area (Å²) in [7, 11) is 0. The number of phenols is 1. The third kappa shape index (κ3) is 3.22. The van der Waals surface area contributed by atoms with Crippen molar-refractivity contribution in [3.8, 4) is 5.75 Å². The normalized spacial score (nSPS) is 14.4. The fourth-order valence-corrected chi connectivity index (χ4v) is 0.975. The number of aliphatic hydroxyl groups is 1. The van der Waals surface area contributed by atoms with Crippen molar-refractivity contribution in [1.29, 1.82) is 0 Å². The molecule has 4 heteroatoms. The van der Waals surface area contributed by atoms with Crippen molar-refractivity contribution in [3.63, 3.8) is 0 Å². The van der Waals surface area contributed by atoms with Crippen LogP contribution < -0.4 is 5.73 Å². The number of nitrogens with two attached hydrogens (primary N) is 1. The van der Waals surface area contributed by atoms with Gasteiger partial charge in [0.25, 0.3) is 0 Å². The third-order valence-electron chi connectivity index (χ3n) is 1.73. The molecule has 0 bridgehead atoms. The van der Waals surface area contributed by atoms with Crippen molar-refractivity contribution in [2.45, 2.75) is 19.1 Å². The molecule has 74 valence electrons. The van der Waals surface area contributed by atoms with Crippen LogP contribution in [0.1, 0.15) is 18.6 Å². The van der Waals surface area contributed by atoms with Crippen molar-refractivity contribution >= 4 is 12.4 Å². The lowest BCUT2D eigenvalue weighted by molar-refractivity contribution is 0.153. The molecular weight excluding hydrogens is 190 g/mol. The number of aliphatic hydroxyl groups excluding tert-OH is 1. The molecule has 1 aromatic rings. The van der Waals surface area contributed by atoms with E-state index in [1.165, 1.54) is 12.1 Å². The first-order chi connectivity index (χ1) is 5.61. The van der Waals surface area contributed by atoms with E-state index in [-0.39, 0.29) is 24.2 Å². The minimum absolute atomic E-state index is 0. The maximum absolute atomic E-state index is 9.48. The van der Waals surface area contributed by atoms with Crippen molar-refractivity contribution in [2.75, 3.05) is 0 Å². The van der Waals surface area contributed by atoms with Crippen LogP contribution in [0.3, 0.4) is 0 Å². The number of hydrogen-bond donors (Lipinski definition) is 3. The summed E-state index contributed by atoms with van der Waals surface area (Å²) in [5.41, 5.74) is 6.22. The predicted octanol–water partition coefficient (Wildman–Crippen LogP) is 1.19. The molecule has 1 rings (SSSR count). The quantitative estimate of drug-likeness (QED) is 0.677. The molecule has 0 amide bonds. The first-order valence-corrected chi connectivity index (χ1v) is 3.84. The summed E-state index contributed by atoms with van der Waals surface area (Å²) < 4.78 is 0. The molecule has 0 aliphatic carbocycles. The Kier molecular flexibility index (Phi) is 4.77. The monoisotopic (exact) mass is 203 g/mol. The molecule has 0 unspecified atom stereocenters. The second-order valence-corrected chi connectivity index (χ2v) is 2.90. The van der Waals surface area contributed by atoms with Crippen molar-refractivity contribution < 1.29 is 10.2 Å². The van der Waals surface area contributed by atoms with Gasteiger partial charge in [0.2, 0.25) is 0 Å². The molecule has 0 saturated heterocycles. The van der Waals surface area contributed by atoms with Crippen LogP contribution in [0.25, 0.3) is 0 Å². The van der Waals surface area contributed by atoms with Crippen molar-refractivity contribution in [1.82, 2.24) is 0 Å². The molecule has 1 aromatic carbocycles. The minimum Gasteiger partial charge on any atom is -0.508 e. The molecule has 0 heterocycles. The summed E-state index contributed by atoms with van der Waals surface area (Å²) in [6.45, 7) is 1.73. The van der Waals surface area contributed by atoms with E-state index in [1.807, 2.05) is 0 Å². The summed E-state index contributed by atoms with van der Waals surface area (Å²) in [6, 6.07) is 6.07. The summed E-state index contributed by atoms with van der Waals surface area (Å²) in [5.74, 6) is 0.190. The Balaban J connectivity index is 0.00000144. The molecular formula is C9H14ClNO2. The van der Waals surface area contributed by atoms with Gasteiger partial charge in [0.15, 0.2) is 0 Å². The molecule has 3 nitrogen and oxygen atoms in total. The molecule has 0 spiro atoms. The van der Waals surface area contributed by atoms with Gasteiger partial charge in [0.1, 0.15) is 5.75 Å². The van der Waals surface area contributed by atoms with Gasteiger partial charge < -0.3 is 15.9 Å². The number of aromatic hydroxyl groups is 1. The van der Waals surface area contributed by atoms with Gasteiger partial charge in [-0.3, -0.25) is 0 Å². The Morgan fingerprint density at radius 2 is 1.69 bits per heavy atom. The van der Waals surface area contributed by atoms with E-state index < -0.39 is 6.10 Å². The van der Waals surface area contributed by atoms with E-state index in [0.717, 1.165) is 5.56 Å². The smallest absolute Gasteiger partial charge is 0.115 e. The van der Waals surface area contributed by atoms with E-state index in [4.69, 9.17) is 10.8 Å². The van der Waals surface area contributed by atoms with Gasteiger partial charge in [-0.1, -0.05) is 12.1 Å². The topological polar surface area (TPSA) is 66.5 Å². The van der Waals surface area contributed by atoms with Crippen LogP contribution >= 0.6 is 12.4 Å².